The minimum Gasteiger partial charge on any atom is -0.338 e. The zero-order chi connectivity index (χ0) is 17.3. The number of pyridine rings is 1. The van der Waals surface area contributed by atoms with E-state index >= 15 is 0 Å². The summed E-state index contributed by atoms with van der Waals surface area (Å²) >= 11 is 0. The summed E-state index contributed by atoms with van der Waals surface area (Å²) in [4.78, 5) is 19.2. The van der Waals surface area contributed by atoms with Gasteiger partial charge >= 0.3 is 0 Å². The fraction of sp³-hybridized carbons (Fsp3) is 0.333. The average molecular weight is 323 g/mol. The Bertz CT molecular complexity index is 886. The van der Waals surface area contributed by atoms with Gasteiger partial charge in [-0.1, -0.05) is 6.07 Å². The lowest BCUT2D eigenvalue weighted by Gasteiger charge is -2.25. The number of carbonyl (C=O) groups is 1. The highest BCUT2D eigenvalue weighted by atomic mass is 16.2. The first kappa shape index (κ1) is 16.1. The third-order valence-electron chi connectivity index (χ3n) is 4.40. The van der Waals surface area contributed by atoms with Crippen LogP contribution in [-0.2, 0) is 6.42 Å². The van der Waals surface area contributed by atoms with E-state index in [0.29, 0.717) is 17.7 Å². The monoisotopic (exact) mass is 323 g/mol. The van der Waals surface area contributed by atoms with Gasteiger partial charge < -0.3 is 4.90 Å². The lowest BCUT2D eigenvalue weighted by molar-refractivity contribution is 0.0744. The quantitative estimate of drug-likeness (QED) is 0.740. The molecule has 0 N–H and O–H groups in total. The van der Waals surface area contributed by atoms with E-state index in [1.807, 2.05) is 52.1 Å². The molecule has 3 aromatic rings. The number of amides is 1. The summed E-state index contributed by atoms with van der Waals surface area (Å²) in [6, 6.07) is 7.67. The molecule has 0 aliphatic heterocycles. The van der Waals surface area contributed by atoms with Crippen molar-refractivity contribution in [2.45, 2.75) is 33.2 Å². The van der Waals surface area contributed by atoms with Crippen molar-refractivity contribution in [3.63, 3.8) is 0 Å². The molecule has 6 heteroatoms. The van der Waals surface area contributed by atoms with Crippen LogP contribution in [0, 0.1) is 13.8 Å². The molecule has 0 bridgehead atoms. The van der Waals surface area contributed by atoms with Gasteiger partial charge in [0, 0.05) is 37.6 Å². The van der Waals surface area contributed by atoms with Crippen molar-refractivity contribution < 1.29 is 4.79 Å². The van der Waals surface area contributed by atoms with Crippen molar-refractivity contribution in [2.75, 3.05) is 7.05 Å². The fourth-order valence-electron chi connectivity index (χ4n) is 2.79. The summed E-state index contributed by atoms with van der Waals surface area (Å²) in [5.41, 5.74) is 4.18. The number of aryl methyl sites for hydroxylation is 2. The molecular formula is C18H21N5O. The Morgan fingerprint density at radius 2 is 2.00 bits per heavy atom. The van der Waals surface area contributed by atoms with Crippen LogP contribution in [0.4, 0.5) is 0 Å². The molecule has 0 spiro atoms. The van der Waals surface area contributed by atoms with E-state index < -0.39 is 0 Å². The van der Waals surface area contributed by atoms with Gasteiger partial charge in [-0.3, -0.25) is 9.78 Å². The normalized spacial score (nSPS) is 12.3. The van der Waals surface area contributed by atoms with E-state index in [1.165, 1.54) is 4.63 Å². The van der Waals surface area contributed by atoms with E-state index in [4.69, 9.17) is 0 Å². The maximum atomic E-state index is 13.0. The second-order valence-electron chi connectivity index (χ2n) is 6.09. The summed E-state index contributed by atoms with van der Waals surface area (Å²) in [7, 11) is 1.82. The number of rotatable bonds is 4. The van der Waals surface area contributed by atoms with Gasteiger partial charge in [-0.15, -0.1) is 0 Å². The minimum absolute atomic E-state index is 0.0251. The van der Waals surface area contributed by atoms with Gasteiger partial charge in [-0.25, -0.2) is 0 Å². The lowest BCUT2D eigenvalue weighted by Crippen LogP contribution is -2.37. The number of nitrogens with zero attached hydrogens (tertiary/aromatic N) is 5. The van der Waals surface area contributed by atoms with E-state index in [-0.39, 0.29) is 11.9 Å². The molecule has 1 atom stereocenters. The van der Waals surface area contributed by atoms with Gasteiger partial charge in [0.25, 0.3) is 5.91 Å². The second-order valence-corrected chi connectivity index (χ2v) is 6.09. The Balaban J connectivity index is 1.86. The predicted molar refractivity (Wildman–Crippen MR) is 92.0 cm³/mol. The van der Waals surface area contributed by atoms with Gasteiger partial charge in [0.15, 0.2) is 0 Å². The molecule has 3 rings (SSSR count). The summed E-state index contributed by atoms with van der Waals surface area (Å²) in [6.07, 6.45) is 4.16. The molecule has 3 aromatic heterocycles. The van der Waals surface area contributed by atoms with Gasteiger partial charge in [0.1, 0.15) is 5.52 Å². The number of likely N-dealkylation sites (N-methyl/N-ethyl adjacent to an activating group) is 1. The summed E-state index contributed by atoms with van der Waals surface area (Å²) < 4.78 is 1.50. The lowest BCUT2D eigenvalue weighted by atomic mass is 10.1. The molecule has 24 heavy (non-hydrogen) atoms. The maximum absolute atomic E-state index is 13.0. The van der Waals surface area contributed by atoms with Crippen molar-refractivity contribution in [3.8, 4) is 0 Å². The van der Waals surface area contributed by atoms with Crippen LogP contribution in [0.3, 0.4) is 0 Å². The van der Waals surface area contributed by atoms with Crippen LogP contribution in [0.2, 0.25) is 0 Å². The van der Waals surface area contributed by atoms with Crippen LogP contribution < -0.4 is 0 Å². The fourth-order valence-corrected chi connectivity index (χ4v) is 2.79. The average Bonchev–Trinajstić information content (AvgIpc) is 2.91. The van der Waals surface area contributed by atoms with Crippen LogP contribution in [-0.4, -0.2) is 43.7 Å². The maximum Gasteiger partial charge on any atom is 0.258 e. The second kappa shape index (κ2) is 6.39. The molecule has 1 amide bonds. The number of aromatic nitrogens is 4. The molecule has 0 aliphatic rings. The molecule has 124 valence electrons. The standard InChI is InChI=1S/C18H21N5O/c1-12-7-5-9-19-15(12)11-13(2)22(4)18(24)17-14(3)21-23-16(17)8-6-10-20-23/h5-10,13H,11H2,1-4H3. The number of carbonyl (C=O) groups excluding carboxylic acids is 1. The highest BCUT2D eigenvalue weighted by molar-refractivity contribution is 6.01. The van der Waals surface area contributed by atoms with Crippen LogP contribution >= 0.6 is 0 Å². The number of hydrogen-bond donors (Lipinski definition) is 0. The number of fused-ring (bicyclic) bond motifs is 1. The third kappa shape index (κ3) is 2.87. The van der Waals surface area contributed by atoms with Crippen molar-refractivity contribution >= 4 is 11.4 Å². The molecule has 0 saturated carbocycles. The molecule has 0 aliphatic carbocycles. The van der Waals surface area contributed by atoms with Gasteiger partial charge in [-0.05, 0) is 44.5 Å². The smallest absolute Gasteiger partial charge is 0.258 e. The van der Waals surface area contributed by atoms with Crippen LogP contribution in [0.15, 0.2) is 36.7 Å². The Labute approximate surface area is 141 Å². The molecule has 0 aromatic carbocycles. The summed E-state index contributed by atoms with van der Waals surface area (Å²) in [5, 5.41) is 8.47. The van der Waals surface area contributed by atoms with E-state index in [2.05, 4.69) is 15.2 Å². The molecule has 6 nitrogen and oxygen atoms in total. The van der Waals surface area contributed by atoms with Crippen molar-refractivity contribution in [1.29, 1.82) is 0 Å². The first-order valence-corrected chi connectivity index (χ1v) is 7.97. The first-order chi connectivity index (χ1) is 11.5. The predicted octanol–water partition coefficient (Wildman–Crippen LogP) is 2.44. The Morgan fingerprint density at radius 3 is 2.75 bits per heavy atom. The molecule has 1 unspecified atom stereocenters. The largest absolute Gasteiger partial charge is 0.338 e. The number of hydrogen-bond acceptors (Lipinski definition) is 4. The van der Waals surface area contributed by atoms with Crippen molar-refractivity contribution in [2.24, 2.45) is 0 Å². The Hall–Kier alpha value is -2.76. The Morgan fingerprint density at radius 1 is 1.25 bits per heavy atom. The minimum atomic E-state index is -0.0448. The summed E-state index contributed by atoms with van der Waals surface area (Å²) in [6.45, 7) is 5.91. The van der Waals surface area contributed by atoms with Crippen molar-refractivity contribution in [1.82, 2.24) is 24.7 Å². The van der Waals surface area contributed by atoms with Crippen LogP contribution in [0.25, 0.3) is 5.52 Å². The highest BCUT2D eigenvalue weighted by Crippen LogP contribution is 2.18. The SMILES string of the molecule is Cc1cccnc1CC(C)N(C)C(=O)c1c(C)nn2ncccc12. The van der Waals surface area contributed by atoms with Gasteiger partial charge in [-0.2, -0.15) is 14.8 Å². The van der Waals surface area contributed by atoms with Gasteiger partial charge in [0.05, 0.1) is 11.3 Å². The zero-order valence-electron chi connectivity index (χ0n) is 14.4. The Kier molecular flexibility index (Phi) is 4.29. The zero-order valence-corrected chi connectivity index (χ0v) is 14.4. The molecule has 0 saturated heterocycles. The first-order valence-electron chi connectivity index (χ1n) is 7.97. The van der Waals surface area contributed by atoms with Gasteiger partial charge in [0.2, 0.25) is 0 Å². The van der Waals surface area contributed by atoms with E-state index in [0.717, 1.165) is 16.8 Å². The van der Waals surface area contributed by atoms with Crippen LogP contribution in [0.1, 0.15) is 34.2 Å². The van der Waals surface area contributed by atoms with Crippen molar-refractivity contribution in [3.05, 3.63) is 59.2 Å². The molecular weight excluding hydrogens is 302 g/mol. The van der Waals surface area contributed by atoms with Crippen LogP contribution in [0.5, 0.6) is 0 Å². The van der Waals surface area contributed by atoms with E-state index in [1.54, 1.807) is 17.3 Å². The third-order valence-corrected chi connectivity index (χ3v) is 4.40. The topological polar surface area (TPSA) is 63.4 Å². The molecule has 3 heterocycles. The highest BCUT2D eigenvalue weighted by Gasteiger charge is 2.24. The van der Waals surface area contributed by atoms with E-state index in [9.17, 15) is 4.79 Å². The summed E-state index contributed by atoms with van der Waals surface area (Å²) in [5.74, 6) is -0.0448. The molecule has 0 radical (unpaired) electrons. The molecule has 0 fully saturated rings.